The highest BCUT2D eigenvalue weighted by molar-refractivity contribution is 5.32. The third-order valence-electron chi connectivity index (χ3n) is 3.83. The van der Waals surface area contributed by atoms with Gasteiger partial charge in [0.15, 0.2) is 0 Å². The van der Waals surface area contributed by atoms with Gasteiger partial charge in [0.2, 0.25) is 0 Å². The van der Waals surface area contributed by atoms with Crippen LogP contribution < -0.4 is 10.5 Å². The molecule has 0 heterocycles. The van der Waals surface area contributed by atoms with Gasteiger partial charge in [-0.3, -0.25) is 0 Å². The van der Waals surface area contributed by atoms with E-state index in [1.807, 2.05) is 30.3 Å². The van der Waals surface area contributed by atoms with Gasteiger partial charge in [0.1, 0.15) is 5.75 Å². The van der Waals surface area contributed by atoms with Crippen molar-refractivity contribution in [2.75, 3.05) is 7.11 Å². The Bertz CT molecular complexity index is 531. The summed E-state index contributed by atoms with van der Waals surface area (Å²) < 4.78 is 5.21. The second-order valence-electron chi connectivity index (χ2n) is 5.83. The van der Waals surface area contributed by atoms with Crippen LogP contribution in [0.3, 0.4) is 0 Å². The molecule has 2 rings (SSSR count). The first-order valence-corrected chi connectivity index (χ1v) is 6.98. The van der Waals surface area contributed by atoms with E-state index in [-0.39, 0.29) is 11.5 Å². The largest absolute Gasteiger partial charge is 0.497 e. The van der Waals surface area contributed by atoms with Crippen molar-refractivity contribution >= 4 is 0 Å². The maximum atomic E-state index is 6.35. The molecule has 2 nitrogen and oxygen atoms in total. The molecule has 106 valence electrons. The van der Waals surface area contributed by atoms with Gasteiger partial charge in [0.25, 0.3) is 0 Å². The molecule has 0 aliphatic carbocycles. The molecule has 0 radical (unpaired) electrons. The van der Waals surface area contributed by atoms with E-state index in [0.717, 1.165) is 12.2 Å². The standard InChI is InChI=1S/C18H23NO/c1-18(2,15-9-11-16(20-3)12-10-15)13-17(19)14-7-5-4-6-8-14/h4-12,17H,13,19H2,1-3H3. The van der Waals surface area contributed by atoms with E-state index in [1.54, 1.807) is 7.11 Å². The zero-order valence-electron chi connectivity index (χ0n) is 12.5. The van der Waals surface area contributed by atoms with Crippen LogP contribution in [0.5, 0.6) is 5.75 Å². The molecular weight excluding hydrogens is 246 g/mol. The highest BCUT2D eigenvalue weighted by Gasteiger charge is 2.24. The molecule has 0 saturated carbocycles. The van der Waals surface area contributed by atoms with Crippen LogP contribution in [-0.2, 0) is 5.41 Å². The van der Waals surface area contributed by atoms with Crippen LogP contribution in [0.25, 0.3) is 0 Å². The highest BCUT2D eigenvalue weighted by atomic mass is 16.5. The summed E-state index contributed by atoms with van der Waals surface area (Å²) >= 11 is 0. The van der Waals surface area contributed by atoms with Crippen LogP contribution in [0.1, 0.15) is 37.4 Å². The minimum absolute atomic E-state index is 0.0293. The normalized spacial score (nSPS) is 13.0. The molecule has 20 heavy (non-hydrogen) atoms. The predicted octanol–water partition coefficient (Wildman–Crippen LogP) is 4.06. The summed E-state index contributed by atoms with van der Waals surface area (Å²) in [7, 11) is 1.69. The lowest BCUT2D eigenvalue weighted by Crippen LogP contribution is -2.25. The smallest absolute Gasteiger partial charge is 0.118 e. The molecule has 2 heteroatoms. The molecule has 0 amide bonds. The van der Waals surface area contributed by atoms with Crippen molar-refractivity contribution < 1.29 is 4.74 Å². The molecule has 0 spiro atoms. The molecule has 0 saturated heterocycles. The first-order chi connectivity index (χ1) is 9.53. The van der Waals surface area contributed by atoms with Crippen molar-refractivity contribution in [3.8, 4) is 5.75 Å². The Labute approximate surface area is 121 Å². The first-order valence-electron chi connectivity index (χ1n) is 6.98. The van der Waals surface area contributed by atoms with E-state index in [1.165, 1.54) is 11.1 Å². The van der Waals surface area contributed by atoms with Gasteiger partial charge in [-0.1, -0.05) is 56.3 Å². The molecule has 2 N–H and O–H groups in total. The summed E-state index contributed by atoms with van der Waals surface area (Å²) in [6.45, 7) is 4.47. The molecule has 0 aromatic heterocycles. The van der Waals surface area contributed by atoms with Crippen LogP contribution in [0.2, 0.25) is 0 Å². The monoisotopic (exact) mass is 269 g/mol. The Morgan fingerprint density at radius 3 is 2.15 bits per heavy atom. The van der Waals surface area contributed by atoms with E-state index < -0.39 is 0 Å². The van der Waals surface area contributed by atoms with Crippen LogP contribution >= 0.6 is 0 Å². The van der Waals surface area contributed by atoms with Crippen LogP contribution in [-0.4, -0.2) is 7.11 Å². The average molecular weight is 269 g/mol. The van der Waals surface area contributed by atoms with Crippen molar-refractivity contribution in [1.82, 2.24) is 0 Å². The van der Waals surface area contributed by atoms with Crippen LogP contribution in [0, 0.1) is 0 Å². The molecule has 2 aromatic rings. The third-order valence-corrected chi connectivity index (χ3v) is 3.83. The molecular formula is C18H23NO. The van der Waals surface area contributed by atoms with Gasteiger partial charge in [-0.2, -0.15) is 0 Å². The molecule has 0 aliphatic heterocycles. The fourth-order valence-corrected chi connectivity index (χ4v) is 2.53. The van der Waals surface area contributed by atoms with Gasteiger partial charge in [-0.05, 0) is 35.1 Å². The molecule has 0 fully saturated rings. The number of hydrogen-bond donors (Lipinski definition) is 1. The summed E-state index contributed by atoms with van der Waals surface area (Å²) in [5.41, 5.74) is 8.85. The van der Waals surface area contributed by atoms with Crippen molar-refractivity contribution in [2.45, 2.75) is 31.7 Å². The third kappa shape index (κ3) is 3.40. The molecule has 0 bridgehead atoms. The van der Waals surface area contributed by atoms with Gasteiger partial charge in [0.05, 0.1) is 7.11 Å². The highest BCUT2D eigenvalue weighted by Crippen LogP contribution is 2.33. The topological polar surface area (TPSA) is 35.2 Å². The van der Waals surface area contributed by atoms with E-state index in [9.17, 15) is 0 Å². The fourth-order valence-electron chi connectivity index (χ4n) is 2.53. The van der Waals surface area contributed by atoms with E-state index in [2.05, 4.69) is 38.1 Å². The maximum Gasteiger partial charge on any atom is 0.118 e. The minimum Gasteiger partial charge on any atom is -0.497 e. The molecule has 2 aromatic carbocycles. The van der Waals surface area contributed by atoms with Crippen molar-refractivity contribution in [3.05, 3.63) is 65.7 Å². The Hall–Kier alpha value is -1.80. The van der Waals surface area contributed by atoms with Gasteiger partial charge in [0, 0.05) is 6.04 Å². The Morgan fingerprint density at radius 1 is 1.00 bits per heavy atom. The number of methoxy groups -OCH3 is 1. The number of ether oxygens (including phenoxy) is 1. The summed E-state index contributed by atoms with van der Waals surface area (Å²) in [5.74, 6) is 0.886. The SMILES string of the molecule is COc1ccc(C(C)(C)CC(N)c2ccccc2)cc1. The fraction of sp³-hybridized carbons (Fsp3) is 0.333. The Morgan fingerprint density at radius 2 is 1.60 bits per heavy atom. The van der Waals surface area contributed by atoms with E-state index >= 15 is 0 Å². The van der Waals surface area contributed by atoms with Crippen molar-refractivity contribution in [3.63, 3.8) is 0 Å². The van der Waals surface area contributed by atoms with Gasteiger partial charge in [-0.25, -0.2) is 0 Å². The lowest BCUT2D eigenvalue weighted by molar-refractivity contribution is 0.410. The average Bonchev–Trinajstić information content (AvgIpc) is 2.48. The first kappa shape index (κ1) is 14.6. The molecule has 1 atom stereocenters. The lowest BCUT2D eigenvalue weighted by atomic mass is 9.78. The summed E-state index contributed by atoms with van der Waals surface area (Å²) in [6.07, 6.45) is 0.906. The zero-order valence-corrected chi connectivity index (χ0v) is 12.5. The van der Waals surface area contributed by atoms with Gasteiger partial charge >= 0.3 is 0 Å². The van der Waals surface area contributed by atoms with Crippen molar-refractivity contribution in [1.29, 1.82) is 0 Å². The predicted molar refractivity (Wildman–Crippen MR) is 84.0 cm³/mol. The number of hydrogen-bond acceptors (Lipinski definition) is 2. The van der Waals surface area contributed by atoms with E-state index in [0.29, 0.717) is 0 Å². The number of rotatable bonds is 5. The molecule has 1 unspecified atom stereocenters. The van der Waals surface area contributed by atoms with Crippen LogP contribution in [0.15, 0.2) is 54.6 Å². The second kappa shape index (κ2) is 6.10. The summed E-state index contributed by atoms with van der Waals surface area (Å²) in [5, 5.41) is 0. The quantitative estimate of drug-likeness (QED) is 0.888. The number of benzene rings is 2. The maximum absolute atomic E-state index is 6.35. The minimum atomic E-state index is 0.0293. The molecule has 0 aliphatic rings. The Balaban J connectivity index is 2.13. The van der Waals surface area contributed by atoms with Crippen molar-refractivity contribution in [2.24, 2.45) is 5.73 Å². The van der Waals surface area contributed by atoms with Crippen LogP contribution in [0.4, 0.5) is 0 Å². The number of nitrogens with two attached hydrogens (primary N) is 1. The van der Waals surface area contributed by atoms with E-state index in [4.69, 9.17) is 10.5 Å². The zero-order chi connectivity index (χ0) is 14.6. The summed E-state index contributed by atoms with van der Waals surface area (Å²) in [6, 6.07) is 18.6. The summed E-state index contributed by atoms with van der Waals surface area (Å²) in [4.78, 5) is 0. The second-order valence-corrected chi connectivity index (χ2v) is 5.83. The van der Waals surface area contributed by atoms with Gasteiger partial charge < -0.3 is 10.5 Å². The Kier molecular flexibility index (Phi) is 4.46. The van der Waals surface area contributed by atoms with Gasteiger partial charge in [-0.15, -0.1) is 0 Å². The lowest BCUT2D eigenvalue weighted by Gasteiger charge is -2.29.